The molecule has 0 N–H and O–H groups in total. The second-order valence-corrected chi connectivity index (χ2v) is 3.05. The van der Waals surface area contributed by atoms with Crippen LogP contribution in [0.2, 0.25) is 0 Å². The van der Waals surface area contributed by atoms with Crippen LogP contribution in [0.15, 0.2) is 28.4 Å². The zero-order chi connectivity index (χ0) is 11.8. The molecule has 82 valence electrons. The van der Waals surface area contributed by atoms with Crippen molar-refractivity contribution in [2.75, 3.05) is 6.73 Å². The van der Waals surface area contributed by atoms with E-state index in [2.05, 4.69) is 20.1 Å². The van der Waals surface area contributed by atoms with E-state index in [0.29, 0.717) is 5.75 Å². The summed E-state index contributed by atoms with van der Waals surface area (Å²) in [4.78, 5) is 5.26. The summed E-state index contributed by atoms with van der Waals surface area (Å²) in [5.74, 6) is 0.593. The molecule has 0 aliphatic heterocycles. The number of ether oxygens (including phenoxy) is 1. The number of aryl methyl sites for hydroxylation is 1. The summed E-state index contributed by atoms with van der Waals surface area (Å²) < 4.78 is 5.19. The van der Waals surface area contributed by atoms with Crippen LogP contribution in [0.4, 0.5) is 0 Å². The molecule has 0 atom stereocenters. The van der Waals surface area contributed by atoms with Crippen LogP contribution in [0.3, 0.4) is 0 Å². The predicted octanol–water partition coefficient (Wildman–Crippen LogP) is 3.45. The molecule has 0 heterocycles. The van der Waals surface area contributed by atoms with Crippen molar-refractivity contribution in [2.24, 2.45) is 10.2 Å². The molecule has 0 saturated heterocycles. The van der Waals surface area contributed by atoms with Gasteiger partial charge in [0, 0.05) is 9.82 Å². The molecule has 0 saturated carbocycles. The first-order valence-electron chi connectivity index (χ1n) is 4.51. The molecule has 0 unspecified atom stereocenters. The molecule has 0 bridgehead atoms. The Labute approximate surface area is 91.9 Å². The Balaban J connectivity index is 2.80. The average molecular weight is 218 g/mol. The van der Waals surface area contributed by atoms with Gasteiger partial charge in [0.15, 0.2) is 6.73 Å². The van der Waals surface area contributed by atoms with Crippen molar-refractivity contribution in [2.45, 2.75) is 13.5 Å². The van der Waals surface area contributed by atoms with Crippen molar-refractivity contribution in [1.29, 1.82) is 0 Å². The van der Waals surface area contributed by atoms with E-state index in [0.717, 1.165) is 11.1 Å². The lowest BCUT2D eigenvalue weighted by Crippen LogP contribution is -1.94. The SMILES string of the molecule is Cc1cc(CN=[N+]=[N-])cc(OCN=[N+]=[N-])c1. The van der Waals surface area contributed by atoms with E-state index in [1.165, 1.54) is 0 Å². The average Bonchev–Trinajstić information content (AvgIpc) is 2.26. The van der Waals surface area contributed by atoms with E-state index >= 15 is 0 Å². The first kappa shape index (κ1) is 11.7. The van der Waals surface area contributed by atoms with E-state index in [4.69, 9.17) is 15.8 Å². The standard InChI is InChI=1S/C9H10N6O/c1-7-2-8(5-12-14-10)4-9(3-7)16-6-13-15-11/h2-4H,5-6H2,1H3. The molecule has 0 aliphatic carbocycles. The van der Waals surface area contributed by atoms with Gasteiger partial charge in [-0.15, -0.1) is 0 Å². The summed E-state index contributed by atoms with van der Waals surface area (Å²) in [5, 5.41) is 6.73. The lowest BCUT2D eigenvalue weighted by Gasteiger charge is -2.06. The summed E-state index contributed by atoms with van der Waals surface area (Å²) in [6.07, 6.45) is 0. The van der Waals surface area contributed by atoms with Crippen LogP contribution in [0, 0.1) is 6.92 Å². The summed E-state index contributed by atoms with van der Waals surface area (Å²) in [7, 11) is 0. The van der Waals surface area contributed by atoms with Crippen molar-refractivity contribution in [3.05, 3.63) is 50.2 Å². The molecule has 16 heavy (non-hydrogen) atoms. The highest BCUT2D eigenvalue weighted by atomic mass is 16.5. The van der Waals surface area contributed by atoms with Crippen LogP contribution < -0.4 is 4.74 Å². The fourth-order valence-electron chi connectivity index (χ4n) is 1.24. The van der Waals surface area contributed by atoms with E-state index in [1.807, 2.05) is 19.1 Å². The van der Waals surface area contributed by atoms with Crippen molar-refractivity contribution < 1.29 is 4.74 Å². The molecule has 0 aliphatic rings. The smallest absolute Gasteiger partial charge is 0.167 e. The lowest BCUT2D eigenvalue weighted by molar-refractivity contribution is 0.328. The summed E-state index contributed by atoms with van der Waals surface area (Å²) >= 11 is 0. The van der Waals surface area contributed by atoms with Gasteiger partial charge in [-0.1, -0.05) is 16.3 Å². The van der Waals surface area contributed by atoms with Crippen LogP contribution in [0.1, 0.15) is 11.1 Å². The highest BCUT2D eigenvalue weighted by Crippen LogP contribution is 2.17. The molecule has 0 amide bonds. The van der Waals surface area contributed by atoms with Crippen LogP contribution in [0.5, 0.6) is 5.75 Å². The Morgan fingerprint density at radius 1 is 1.19 bits per heavy atom. The molecule has 0 fully saturated rings. The molecule has 7 heteroatoms. The summed E-state index contributed by atoms with van der Waals surface area (Å²) in [5.41, 5.74) is 18.1. The monoisotopic (exact) mass is 218 g/mol. The summed E-state index contributed by atoms with van der Waals surface area (Å²) in [6.45, 7) is 2.12. The maximum atomic E-state index is 8.21. The Kier molecular flexibility index (Phi) is 4.53. The molecule has 7 nitrogen and oxygen atoms in total. The molecule has 0 aromatic heterocycles. The Bertz CT molecular complexity index is 459. The second kappa shape index (κ2) is 6.19. The third kappa shape index (κ3) is 3.79. The number of rotatable bonds is 5. The van der Waals surface area contributed by atoms with Crippen molar-refractivity contribution >= 4 is 0 Å². The Morgan fingerprint density at radius 3 is 2.62 bits per heavy atom. The highest BCUT2D eigenvalue weighted by Gasteiger charge is 1.98. The van der Waals surface area contributed by atoms with Crippen molar-refractivity contribution in [3.63, 3.8) is 0 Å². The first-order chi connectivity index (χ1) is 7.76. The van der Waals surface area contributed by atoms with Crippen LogP contribution >= 0.6 is 0 Å². The molecule has 1 rings (SSSR count). The van der Waals surface area contributed by atoms with Gasteiger partial charge in [0.1, 0.15) is 5.75 Å². The van der Waals surface area contributed by atoms with E-state index in [-0.39, 0.29) is 13.3 Å². The number of hydrogen-bond acceptors (Lipinski definition) is 3. The van der Waals surface area contributed by atoms with Gasteiger partial charge in [0.25, 0.3) is 0 Å². The predicted molar refractivity (Wildman–Crippen MR) is 58.7 cm³/mol. The third-order valence-electron chi connectivity index (χ3n) is 1.78. The maximum absolute atomic E-state index is 8.21. The minimum absolute atomic E-state index is 0.0547. The molecule has 0 spiro atoms. The van der Waals surface area contributed by atoms with Gasteiger partial charge in [0.05, 0.1) is 6.54 Å². The normalized spacial score (nSPS) is 8.81. The molecular formula is C9H10N6O. The quantitative estimate of drug-likeness (QED) is 0.421. The second-order valence-electron chi connectivity index (χ2n) is 3.05. The van der Waals surface area contributed by atoms with Gasteiger partial charge < -0.3 is 4.74 Å². The Morgan fingerprint density at radius 2 is 1.94 bits per heavy atom. The van der Waals surface area contributed by atoms with Gasteiger partial charge >= 0.3 is 0 Å². The van der Waals surface area contributed by atoms with Crippen LogP contribution in [0.25, 0.3) is 20.9 Å². The largest absolute Gasteiger partial charge is 0.488 e. The van der Waals surface area contributed by atoms with Gasteiger partial charge in [-0.05, 0) is 41.2 Å². The maximum Gasteiger partial charge on any atom is 0.167 e. The number of nitrogens with zero attached hydrogens (tertiary/aromatic N) is 6. The van der Waals surface area contributed by atoms with Gasteiger partial charge in [-0.2, -0.15) is 0 Å². The molecule has 0 radical (unpaired) electrons. The fourth-order valence-corrected chi connectivity index (χ4v) is 1.24. The Hall–Kier alpha value is -2.36. The minimum Gasteiger partial charge on any atom is -0.488 e. The topological polar surface area (TPSA) is 107 Å². The first-order valence-corrected chi connectivity index (χ1v) is 4.51. The van der Waals surface area contributed by atoms with Gasteiger partial charge in [-0.25, -0.2) is 0 Å². The van der Waals surface area contributed by atoms with Crippen LogP contribution in [-0.2, 0) is 6.54 Å². The fraction of sp³-hybridized carbons (Fsp3) is 0.333. The van der Waals surface area contributed by atoms with Crippen molar-refractivity contribution in [1.82, 2.24) is 0 Å². The van der Waals surface area contributed by atoms with E-state index < -0.39 is 0 Å². The number of azide groups is 2. The molecule has 1 aromatic rings. The number of hydrogen-bond donors (Lipinski definition) is 0. The van der Waals surface area contributed by atoms with Gasteiger partial charge in [0.2, 0.25) is 0 Å². The van der Waals surface area contributed by atoms with Gasteiger partial charge in [-0.3, -0.25) is 0 Å². The highest BCUT2D eigenvalue weighted by molar-refractivity contribution is 5.33. The number of benzene rings is 1. The third-order valence-corrected chi connectivity index (χ3v) is 1.78. The minimum atomic E-state index is -0.0547. The zero-order valence-electron chi connectivity index (χ0n) is 8.74. The van der Waals surface area contributed by atoms with Crippen LogP contribution in [-0.4, -0.2) is 6.73 Å². The van der Waals surface area contributed by atoms with Crippen molar-refractivity contribution in [3.8, 4) is 5.75 Å². The lowest BCUT2D eigenvalue weighted by atomic mass is 10.1. The molecular weight excluding hydrogens is 208 g/mol. The van der Waals surface area contributed by atoms with E-state index in [9.17, 15) is 0 Å². The molecule has 1 aromatic carbocycles. The zero-order valence-corrected chi connectivity index (χ0v) is 8.74. The summed E-state index contributed by atoms with van der Waals surface area (Å²) in [6, 6.07) is 5.45. The van der Waals surface area contributed by atoms with E-state index in [1.54, 1.807) is 6.07 Å².